The van der Waals surface area contributed by atoms with Crippen LogP contribution in [0.3, 0.4) is 0 Å². The number of allylic oxidation sites excluding steroid dienone is 1. The summed E-state index contributed by atoms with van der Waals surface area (Å²) < 4.78 is 0. The summed E-state index contributed by atoms with van der Waals surface area (Å²) in [5, 5.41) is 15.2. The van der Waals surface area contributed by atoms with Gasteiger partial charge in [0.05, 0.1) is 17.0 Å². The molecule has 8 heteroatoms. The molecule has 0 atom stereocenters. The molecule has 5 nitrogen and oxygen atoms in total. The number of hydrogen-bond donors (Lipinski definition) is 0. The molecule has 136 valence electrons. The van der Waals surface area contributed by atoms with Gasteiger partial charge in [-0.3, -0.25) is 9.69 Å². The smallest absolute Gasteiger partial charge is 0.225 e. The summed E-state index contributed by atoms with van der Waals surface area (Å²) in [4.78, 5) is 22.3. The molecular weight excluding hydrogens is 400 g/mol. The Morgan fingerprint density at radius 2 is 2.00 bits per heavy atom. The third-order valence-corrected chi connectivity index (χ3v) is 5.73. The lowest BCUT2D eigenvalue weighted by Gasteiger charge is -2.14. The first-order valence-electron chi connectivity index (χ1n) is 8.09. The molecule has 0 bridgehead atoms. The van der Waals surface area contributed by atoms with Crippen LogP contribution in [0.5, 0.6) is 0 Å². The van der Waals surface area contributed by atoms with Crippen LogP contribution in [0, 0.1) is 11.3 Å². The van der Waals surface area contributed by atoms with Crippen LogP contribution >= 0.6 is 34.3 Å². The number of halogens is 1. The molecule has 0 N–H and O–H groups in total. The monoisotopic (exact) mass is 414 g/mol. The number of nitrogens with zero attached hydrogens (tertiary/aromatic N) is 4. The zero-order valence-corrected chi connectivity index (χ0v) is 17.0. The summed E-state index contributed by atoms with van der Waals surface area (Å²) in [6.07, 6.45) is 1.69. The van der Waals surface area contributed by atoms with Crippen molar-refractivity contribution >= 4 is 57.0 Å². The quantitative estimate of drug-likeness (QED) is 0.527. The Balaban J connectivity index is 1.88. The van der Waals surface area contributed by atoms with Gasteiger partial charge >= 0.3 is 0 Å². The molecule has 0 fully saturated rings. The zero-order chi connectivity index (χ0) is 19.4. The SMILES string of the molecule is CCN(C(C)=O)c1nc(/C=C(\C#N)c2nc(-c3ccc(Cl)cc3)cs2)cs1. The van der Waals surface area contributed by atoms with Crippen molar-refractivity contribution < 1.29 is 4.79 Å². The number of carbonyl (C=O) groups excluding carboxylic acids is 1. The van der Waals surface area contributed by atoms with E-state index in [1.54, 1.807) is 11.0 Å². The van der Waals surface area contributed by atoms with Crippen LogP contribution in [-0.2, 0) is 4.79 Å². The van der Waals surface area contributed by atoms with Crippen LogP contribution in [0.25, 0.3) is 22.9 Å². The Labute approximate surface area is 170 Å². The average Bonchev–Trinajstić information content (AvgIpc) is 3.30. The van der Waals surface area contributed by atoms with Crippen LogP contribution in [0.4, 0.5) is 5.13 Å². The van der Waals surface area contributed by atoms with Gasteiger partial charge in [-0.2, -0.15) is 5.26 Å². The van der Waals surface area contributed by atoms with E-state index < -0.39 is 0 Å². The molecule has 0 spiro atoms. The first-order chi connectivity index (χ1) is 13.0. The lowest BCUT2D eigenvalue weighted by Crippen LogP contribution is -2.27. The largest absolute Gasteiger partial charge is 0.289 e. The molecule has 0 aliphatic carbocycles. The predicted octanol–water partition coefficient (Wildman–Crippen LogP) is 5.36. The zero-order valence-electron chi connectivity index (χ0n) is 14.6. The van der Waals surface area contributed by atoms with E-state index in [0.717, 1.165) is 11.3 Å². The summed E-state index contributed by atoms with van der Waals surface area (Å²) >= 11 is 8.69. The lowest BCUT2D eigenvalue weighted by atomic mass is 10.2. The molecule has 0 unspecified atom stereocenters. The summed E-state index contributed by atoms with van der Waals surface area (Å²) in [5.74, 6) is -0.0598. The molecule has 3 rings (SSSR count). The highest BCUT2D eigenvalue weighted by Crippen LogP contribution is 2.29. The average molecular weight is 415 g/mol. The van der Waals surface area contributed by atoms with Crippen molar-refractivity contribution in [1.29, 1.82) is 5.26 Å². The number of anilines is 1. The molecule has 3 aromatic rings. The van der Waals surface area contributed by atoms with Gasteiger partial charge in [0, 0.05) is 34.8 Å². The maximum atomic E-state index is 11.7. The number of hydrogen-bond acceptors (Lipinski definition) is 6. The van der Waals surface area contributed by atoms with Gasteiger partial charge in [0.25, 0.3) is 0 Å². The minimum atomic E-state index is -0.0598. The maximum Gasteiger partial charge on any atom is 0.225 e. The fourth-order valence-electron chi connectivity index (χ4n) is 2.40. The number of thiazole rings is 2. The fourth-order valence-corrected chi connectivity index (χ4v) is 4.21. The van der Waals surface area contributed by atoms with Crippen molar-refractivity contribution in [2.45, 2.75) is 13.8 Å². The molecule has 0 aliphatic heterocycles. The second-order valence-corrected chi connectivity index (χ2v) is 7.66. The van der Waals surface area contributed by atoms with Gasteiger partial charge in [-0.15, -0.1) is 22.7 Å². The minimum Gasteiger partial charge on any atom is -0.289 e. The summed E-state index contributed by atoms with van der Waals surface area (Å²) in [6.45, 7) is 3.95. The highest BCUT2D eigenvalue weighted by molar-refractivity contribution is 7.14. The van der Waals surface area contributed by atoms with Crippen LogP contribution in [0.2, 0.25) is 5.02 Å². The summed E-state index contributed by atoms with van der Waals surface area (Å²) in [5.41, 5.74) is 2.80. The molecule has 2 aromatic heterocycles. The van der Waals surface area contributed by atoms with E-state index in [4.69, 9.17) is 11.6 Å². The van der Waals surface area contributed by atoms with Crippen molar-refractivity contribution in [3.05, 3.63) is 50.7 Å². The molecule has 0 saturated carbocycles. The Hall–Kier alpha value is -2.53. The maximum absolute atomic E-state index is 11.7. The van der Waals surface area contributed by atoms with Gasteiger partial charge in [-0.1, -0.05) is 23.7 Å². The number of carbonyl (C=O) groups is 1. The Bertz CT molecular complexity index is 1030. The number of benzene rings is 1. The molecule has 27 heavy (non-hydrogen) atoms. The van der Waals surface area contributed by atoms with Crippen molar-refractivity contribution in [1.82, 2.24) is 9.97 Å². The highest BCUT2D eigenvalue weighted by atomic mass is 35.5. The Morgan fingerprint density at radius 1 is 1.26 bits per heavy atom. The van der Waals surface area contributed by atoms with Crippen LogP contribution in [0.15, 0.2) is 35.0 Å². The molecule has 0 radical (unpaired) electrons. The van der Waals surface area contributed by atoms with Crippen LogP contribution in [0.1, 0.15) is 24.5 Å². The second-order valence-electron chi connectivity index (χ2n) is 5.53. The number of amides is 1. The lowest BCUT2D eigenvalue weighted by molar-refractivity contribution is -0.116. The van der Waals surface area contributed by atoms with E-state index in [1.165, 1.54) is 29.6 Å². The standard InChI is InChI=1S/C19H15ClN4OS2/c1-3-24(12(2)25)19-22-16(10-27-19)8-14(9-21)18-23-17(11-26-18)13-4-6-15(20)7-5-13/h4-8,10-11H,3H2,1-2H3/b14-8+. The van der Waals surface area contributed by atoms with E-state index in [1.807, 2.05) is 41.9 Å². The summed E-state index contributed by atoms with van der Waals surface area (Å²) in [7, 11) is 0. The minimum absolute atomic E-state index is 0.0598. The Morgan fingerprint density at radius 3 is 2.63 bits per heavy atom. The molecule has 2 heterocycles. The predicted molar refractivity (Wildman–Crippen MR) is 112 cm³/mol. The van der Waals surface area contributed by atoms with Gasteiger partial charge in [-0.05, 0) is 25.1 Å². The topological polar surface area (TPSA) is 69.9 Å². The molecule has 1 amide bonds. The van der Waals surface area contributed by atoms with E-state index in [2.05, 4.69) is 16.0 Å². The van der Waals surface area contributed by atoms with Gasteiger partial charge in [0.2, 0.25) is 5.91 Å². The van der Waals surface area contributed by atoms with E-state index >= 15 is 0 Å². The molecule has 0 saturated heterocycles. The fraction of sp³-hybridized carbons (Fsp3) is 0.158. The van der Waals surface area contributed by atoms with Gasteiger partial charge in [-0.25, -0.2) is 9.97 Å². The third kappa shape index (κ3) is 4.42. The first-order valence-corrected chi connectivity index (χ1v) is 10.2. The number of aromatic nitrogens is 2. The Kier molecular flexibility index (Phi) is 6.01. The number of nitriles is 1. The second kappa shape index (κ2) is 8.44. The van der Waals surface area contributed by atoms with Crippen LogP contribution in [-0.4, -0.2) is 22.4 Å². The van der Waals surface area contributed by atoms with Crippen molar-refractivity contribution in [2.75, 3.05) is 11.4 Å². The molecule has 0 aliphatic rings. The van der Waals surface area contributed by atoms with Gasteiger partial charge in [0.15, 0.2) is 5.13 Å². The van der Waals surface area contributed by atoms with Crippen molar-refractivity contribution in [3.8, 4) is 17.3 Å². The van der Waals surface area contributed by atoms with Crippen LogP contribution < -0.4 is 4.90 Å². The molecule has 1 aromatic carbocycles. The first kappa shape index (κ1) is 19.2. The van der Waals surface area contributed by atoms with Crippen molar-refractivity contribution in [3.63, 3.8) is 0 Å². The third-order valence-electron chi connectivity index (χ3n) is 3.72. The van der Waals surface area contributed by atoms with E-state index in [-0.39, 0.29) is 5.91 Å². The van der Waals surface area contributed by atoms with Crippen molar-refractivity contribution in [2.24, 2.45) is 0 Å². The van der Waals surface area contributed by atoms with Gasteiger partial charge in [0.1, 0.15) is 11.1 Å². The van der Waals surface area contributed by atoms with E-state index in [0.29, 0.717) is 33.0 Å². The highest BCUT2D eigenvalue weighted by Gasteiger charge is 2.14. The van der Waals surface area contributed by atoms with Gasteiger partial charge < -0.3 is 0 Å². The summed E-state index contributed by atoms with van der Waals surface area (Å²) in [6, 6.07) is 9.59. The van der Waals surface area contributed by atoms with E-state index in [9.17, 15) is 10.1 Å². The normalized spacial score (nSPS) is 11.3. The number of rotatable bonds is 5. The molecular formula is C19H15ClN4OS2.